The van der Waals surface area contributed by atoms with Crippen molar-refractivity contribution < 1.29 is 9.90 Å². The van der Waals surface area contributed by atoms with Crippen LogP contribution in [0.25, 0.3) is 5.65 Å². The summed E-state index contributed by atoms with van der Waals surface area (Å²) in [6.07, 6.45) is 2.94. The van der Waals surface area contributed by atoms with E-state index in [9.17, 15) is 4.79 Å². The van der Waals surface area contributed by atoms with Gasteiger partial charge in [0.2, 0.25) is 5.91 Å². The van der Waals surface area contributed by atoms with Gasteiger partial charge in [-0.3, -0.25) is 4.79 Å². The number of carbonyl (C=O) groups excluding carboxylic acids is 1. The molecule has 0 aliphatic heterocycles. The molecule has 3 aromatic rings. The molecule has 9 nitrogen and oxygen atoms in total. The highest BCUT2D eigenvalue weighted by Gasteiger charge is 2.10. The lowest BCUT2D eigenvalue weighted by molar-refractivity contribution is -0.116. The summed E-state index contributed by atoms with van der Waals surface area (Å²) in [7, 11) is 3.71. The number of anilines is 3. The number of halogens is 1. The molecule has 0 fully saturated rings. The Balaban J connectivity index is 0.00000114. The number of likely N-dealkylation sites (N-methyl/N-ethyl adjacent to an activating group) is 1. The summed E-state index contributed by atoms with van der Waals surface area (Å²) >= 11 is 3.45. The summed E-state index contributed by atoms with van der Waals surface area (Å²) in [5.41, 5.74) is 2.49. The first-order valence-electron chi connectivity index (χ1n) is 10.5. The summed E-state index contributed by atoms with van der Waals surface area (Å²) < 4.78 is 2.50. The molecule has 2 aromatic heterocycles. The second kappa shape index (κ2) is 13.0. The van der Waals surface area contributed by atoms with E-state index in [-0.39, 0.29) is 12.5 Å². The number of rotatable bonds is 9. The van der Waals surface area contributed by atoms with E-state index in [1.165, 1.54) is 6.42 Å². The Morgan fingerprint density at radius 1 is 1.19 bits per heavy atom. The Bertz CT molecular complexity index is 990. The summed E-state index contributed by atoms with van der Waals surface area (Å²) in [6.45, 7) is 5.60. The monoisotopic (exact) mass is 505 g/mol. The minimum Gasteiger partial charge on any atom is -0.395 e. The Labute approximate surface area is 197 Å². The van der Waals surface area contributed by atoms with Crippen LogP contribution in [-0.2, 0) is 11.3 Å². The standard InChI is InChI=1S/C19H24BrN7O2.C3H8/c1-26(2)12-18(29)24-14-5-3-13(4-6-14)10-22-17-9-16(21-7-8-28)25-19-15(20)11-23-27(17)19;1-3-2/h3-6,9,11,22,28H,7-8,10,12H2,1-2H3,(H,21,25)(H,24,29);3H2,1-2H3. The summed E-state index contributed by atoms with van der Waals surface area (Å²) in [6, 6.07) is 9.52. The zero-order chi connectivity index (χ0) is 23.5. The van der Waals surface area contributed by atoms with Gasteiger partial charge in [0.1, 0.15) is 11.6 Å². The third-order valence-corrected chi connectivity index (χ3v) is 4.58. The Morgan fingerprint density at radius 3 is 2.50 bits per heavy atom. The maximum atomic E-state index is 11.8. The number of aliphatic hydroxyl groups is 1. The number of hydrogen-bond acceptors (Lipinski definition) is 7. The van der Waals surface area contributed by atoms with Crippen LogP contribution in [0.1, 0.15) is 25.8 Å². The van der Waals surface area contributed by atoms with E-state index in [4.69, 9.17) is 5.11 Å². The topological polar surface area (TPSA) is 107 Å². The van der Waals surface area contributed by atoms with Crippen LogP contribution in [0.4, 0.5) is 17.3 Å². The summed E-state index contributed by atoms with van der Waals surface area (Å²) in [5.74, 6) is 1.37. The first-order valence-corrected chi connectivity index (χ1v) is 11.3. The molecule has 0 saturated heterocycles. The van der Waals surface area contributed by atoms with Crippen molar-refractivity contribution in [3.8, 4) is 0 Å². The number of nitrogens with one attached hydrogen (secondary N) is 3. The fraction of sp³-hybridized carbons (Fsp3) is 0.409. The first-order chi connectivity index (χ1) is 15.4. The Hall–Kier alpha value is -2.69. The lowest BCUT2D eigenvalue weighted by Crippen LogP contribution is -2.27. The molecule has 0 radical (unpaired) electrons. The minimum absolute atomic E-state index is 0.0213. The largest absolute Gasteiger partial charge is 0.395 e. The number of carbonyl (C=O) groups is 1. The third-order valence-electron chi connectivity index (χ3n) is 4.02. The number of benzene rings is 1. The van der Waals surface area contributed by atoms with Crippen LogP contribution in [-0.4, -0.2) is 64.3 Å². The quantitative estimate of drug-likeness (QED) is 0.352. The zero-order valence-electron chi connectivity index (χ0n) is 19.0. The maximum Gasteiger partial charge on any atom is 0.238 e. The zero-order valence-corrected chi connectivity index (χ0v) is 20.6. The maximum absolute atomic E-state index is 11.8. The molecule has 0 unspecified atom stereocenters. The highest BCUT2D eigenvalue weighted by molar-refractivity contribution is 9.10. The van der Waals surface area contributed by atoms with E-state index < -0.39 is 0 Å². The van der Waals surface area contributed by atoms with Gasteiger partial charge in [-0.1, -0.05) is 32.4 Å². The van der Waals surface area contributed by atoms with Gasteiger partial charge in [0.15, 0.2) is 5.65 Å². The smallest absolute Gasteiger partial charge is 0.238 e. The molecular weight excluding hydrogens is 474 g/mol. The predicted molar refractivity (Wildman–Crippen MR) is 133 cm³/mol. The average molecular weight is 506 g/mol. The second-order valence-corrected chi connectivity index (χ2v) is 8.30. The van der Waals surface area contributed by atoms with Gasteiger partial charge in [0.25, 0.3) is 0 Å². The van der Waals surface area contributed by atoms with Crippen molar-refractivity contribution >= 4 is 44.8 Å². The van der Waals surface area contributed by atoms with Crippen molar-refractivity contribution in [2.75, 3.05) is 49.7 Å². The molecule has 0 aliphatic rings. The average Bonchev–Trinajstić information content (AvgIpc) is 3.12. The van der Waals surface area contributed by atoms with Crippen LogP contribution < -0.4 is 16.0 Å². The molecular formula is C22H32BrN7O2. The van der Waals surface area contributed by atoms with Crippen molar-refractivity contribution in [2.45, 2.75) is 26.8 Å². The predicted octanol–water partition coefficient (Wildman–Crippen LogP) is 3.42. The van der Waals surface area contributed by atoms with Crippen LogP contribution in [0.5, 0.6) is 0 Å². The van der Waals surface area contributed by atoms with E-state index in [0.29, 0.717) is 31.1 Å². The van der Waals surface area contributed by atoms with Gasteiger partial charge in [-0.25, -0.2) is 4.98 Å². The number of fused-ring (bicyclic) bond motifs is 1. The summed E-state index contributed by atoms with van der Waals surface area (Å²) in [4.78, 5) is 18.2. The minimum atomic E-state index is -0.0489. The van der Waals surface area contributed by atoms with E-state index in [1.807, 2.05) is 49.3 Å². The number of aliphatic hydroxyl groups excluding tert-OH is 1. The number of hydrogen-bond donors (Lipinski definition) is 4. The van der Waals surface area contributed by atoms with Gasteiger partial charge >= 0.3 is 0 Å². The molecule has 1 aromatic carbocycles. The first kappa shape index (κ1) is 25.6. The molecule has 10 heteroatoms. The van der Waals surface area contributed by atoms with Crippen LogP contribution in [0, 0.1) is 0 Å². The molecule has 32 heavy (non-hydrogen) atoms. The molecule has 0 spiro atoms. The molecule has 2 heterocycles. The third kappa shape index (κ3) is 7.77. The molecule has 174 valence electrons. The van der Waals surface area contributed by atoms with Gasteiger partial charge in [-0.05, 0) is 47.7 Å². The lowest BCUT2D eigenvalue weighted by atomic mass is 10.2. The van der Waals surface area contributed by atoms with Crippen LogP contribution in [0.15, 0.2) is 41.0 Å². The number of amides is 1. The van der Waals surface area contributed by atoms with E-state index in [1.54, 1.807) is 10.7 Å². The van der Waals surface area contributed by atoms with E-state index in [0.717, 1.165) is 21.5 Å². The molecule has 0 saturated carbocycles. The van der Waals surface area contributed by atoms with Gasteiger partial charge < -0.3 is 26.0 Å². The van der Waals surface area contributed by atoms with Gasteiger partial charge in [0, 0.05) is 24.8 Å². The molecule has 0 atom stereocenters. The molecule has 0 bridgehead atoms. The molecule has 1 amide bonds. The Kier molecular flexibility index (Phi) is 10.4. The van der Waals surface area contributed by atoms with Crippen molar-refractivity contribution in [1.82, 2.24) is 19.5 Å². The van der Waals surface area contributed by atoms with Gasteiger partial charge in [-0.2, -0.15) is 9.61 Å². The number of aromatic nitrogens is 3. The van der Waals surface area contributed by atoms with Crippen molar-refractivity contribution in [3.63, 3.8) is 0 Å². The Morgan fingerprint density at radius 2 is 1.88 bits per heavy atom. The van der Waals surface area contributed by atoms with Crippen molar-refractivity contribution in [2.24, 2.45) is 0 Å². The van der Waals surface area contributed by atoms with Crippen molar-refractivity contribution in [3.05, 3.63) is 46.6 Å². The van der Waals surface area contributed by atoms with Crippen LogP contribution in [0.2, 0.25) is 0 Å². The highest BCUT2D eigenvalue weighted by atomic mass is 79.9. The van der Waals surface area contributed by atoms with Crippen LogP contribution in [0.3, 0.4) is 0 Å². The second-order valence-electron chi connectivity index (χ2n) is 7.45. The highest BCUT2D eigenvalue weighted by Crippen LogP contribution is 2.23. The van der Waals surface area contributed by atoms with Crippen LogP contribution >= 0.6 is 15.9 Å². The SMILES string of the molecule is CCC.CN(C)CC(=O)Nc1ccc(CNc2cc(NCCO)nc3c(Br)cnn23)cc1. The lowest BCUT2D eigenvalue weighted by Gasteiger charge is -2.12. The fourth-order valence-electron chi connectivity index (χ4n) is 2.72. The fourth-order valence-corrected chi connectivity index (χ4v) is 3.07. The summed E-state index contributed by atoms with van der Waals surface area (Å²) in [5, 5.41) is 22.7. The molecule has 4 N–H and O–H groups in total. The van der Waals surface area contributed by atoms with Gasteiger partial charge in [-0.15, -0.1) is 0 Å². The molecule has 3 rings (SSSR count). The van der Waals surface area contributed by atoms with Gasteiger partial charge in [0.05, 0.1) is 23.8 Å². The van der Waals surface area contributed by atoms with E-state index in [2.05, 4.69) is 55.8 Å². The normalized spacial score (nSPS) is 10.6. The molecule has 0 aliphatic carbocycles. The van der Waals surface area contributed by atoms with E-state index >= 15 is 0 Å². The number of nitrogens with zero attached hydrogens (tertiary/aromatic N) is 4. The van der Waals surface area contributed by atoms with Crippen molar-refractivity contribution in [1.29, 1.82) is 0 Å².